The molecule has 3 aromatic carbocycles. The Morgan fingerprint density at radius 1 is 0.538 bits per heavy atom. The summed E-state index contributed by atoms with van der Waals surface area (Å²) in [5.74, 6) is -6.35. The lowest BCUT2D eigenvalue weighted by Gasteiger charge is -2.45. The van der Waals surface area contributed by atoms with E-state index in [1.165, 1.54) is 36.4 Å². The highest BCUT2D eigenvalue weighted by molar-refractivity contribution is 5.91. The van der Waals surface area contributed by atoms with Crippen molar-refractivity contribution in [3.8, 4) is 0 Å². The number of aliphatic hydroxyl groups excluding tert-OH is 2. The molecule has 2 N–H and O–H groups in total. The highest BCUT2D eigenvalue weighted by atomic mass is 16.8. The van der Waals surface area contributed by atoms with E-state index in [0.717, 1.165) is 13.5 Å². The van der Waals surface area contributed by atoms with Gasteiger partial charge in [-0.3, -0.25) is 0 Å². The van der Waals surface area contributed by atoms with Crippen LogP contribution in [0, 0.1) is 0 Å². The Balaban J connectivity index is 1.37. The Labute approximate surface area is 298 Å². The van der Waals surface area contributed by atoms with Crippen LogP contribution in [0.1, 0.15) is 63.2 Å². The van der Waals surface area contributed by atoms with Gasteiger partial charge in [-0.2, -0.15) is 0 Å². The van der Waals surface area contributed by atoms with Gasteiger partial charge in [0.2, 0.25) is 0 Å². The van der Waals surface area contributed by atoms with Gasteiger partial charge in [0.05, 0.1) is 23.8 Å². The Kier molecular flexibility index (Phi) is 11.3. The first-order valence-electron chi connectivity index (χ1n) is 16.9. The lowest BCUT2D eigenvalue weighted by molar-refractivity contribution is -0.239. The molecule has 2 saturated carbocycles. The minimum absolute atomic E-state index is 0.0408. The minimum atomic E-state index is -2.04. The second kappa shape index (κ2) is 16.0. The summed E-state index contributed by atoms with van der Waals surface area (Å²) in [6.07, 6.45) is -11.9. The molecule has 0 aromatic heterocycles. The summed E-state index contributed by atoms with van der Waals surface area (Å²) in [6.45, 7) is 0. The van der Waals surface area contributed by atoms with Crippen molar-refractivity contribution in [2.24, 2.45) is 0 Å². The van der Waals surface area contributed by atoms with Crippen LogP contribution >= 0.6 is 0 Å². The first kappa shape index (κ1) is 36.6. The van der Waals surface area contributed by atoms with Crippen molar-refractivity contribution in [2.45, 2.75) is 86.7 Å². The van der Waals surface area contributed by atoms with E-state index in [1.807, 2.05) is 0 Å². The van der Waals surface area contributed by atoms with Crippen molar-refractivity contribution in [2.75, 3.05) is 7.11 Å². The average Bonchev–Trinajstić information content (AvgIpc) is 3.55. The Bertz CT molecular complexity index is 1660. The number of rotatable bonds is 9. The van der Waals surface area contributed by atoms with Gasteiger partial charge in [-0.25, -0.2) is 24.0 Å². The van der Waals surface area contributed by atoms with Crippen LogP contribution in [0.25, 0.3) is 0 Å². The van der Waals surface area contributed by atoms with Crippen LogP contribution in [0.4, 0.5) is 0 Å². The summed E-state index contributed by atoms with van der Waals surface area (Å²) in [4.78, 5) is 67.0. The van der Waals surface area contributed by atoms with E-state index in [9.17, 15) is 34.2 Å². The zero-order valence-electron chi connectivity index (χ0n) is 28.1. The summed E-state index contributed by atoms with van der Waals surface area (Å²) in [6, 6.07) is 23.0. The van der Waals surface area contributed by atoms with Crippen LogP contribution in [-0.2, 0) is 42.7 Å². The van der Waals surface area contributed by atoms with Crippen LogP contribution in [0.15, 0.2) is 91.0 Å². The molecular weight excluding hydrogens is 680 g/mol. The molecule has 52 heavy (non-hydrogen) atoms. The molecule has 8 atom stereocenters. The smallest absolute Gasteiger partial charge is 0.339 e. The molecule has 3 aromatic rings. The number of hydrogen-bond donors (Lipinski definition) is 2. The first-order chi connectivity index (χ1) is 25.1. The van der Waals surface area contributed by atoms with Gasteiger partial charge in [0.15, 0.2) is 42.4 Å². The zero-order chi connectivity index (χ0) is 36.8. The van der Waals surface area contributed by atoms with E-state index >= 15 is 0 Å². The summed E-state index contributed by atoms with van der Waals surface area (Å²) in [5.41, 5.74) is 0.146. The Morgan fingerprint density at radius 2 is 0.923 bits per heavy atom. The van der Waals surface area contributed by atoms with Crippen molar-refractivity contribution in [3.05, 3.63) is 108 Å². The third-order valence-corrected chi connectivity index (χ3v) is 9.24. The van der Waals surface area contributed by atoms with Crippen LogP contribution in [-0.4, -0.2) is 102 Å². The SMILES string of the molecule is COC(=O)[C@H]1OC2(CCCCC2)O[C@@H]1C(=O)OC1[C@@H](OC(=O)c2ccccc2)[C@@H](O)C(OC(=O)c2ccccc2)[C@H](O)[C@H]1OC(=O)c1ccccc1. The number of hydrogen-bond acceptors (Lipinski definition) is 14. The van der Waals surface area contributed by atoms with Gasteiger partial charge >= 0.3 is 29.8 Å². The van der Waals surface area contributed by atoms with Gasteiger partial charge in [0.1, 0.15) is 12.2 Å². The topological polar surface area (TPSA) is 190 Å². The fraction of sp³-hybridized carbons (Fsp3) is 0.395. The predicted molar refractivity (Wildman–Crippen MR) is 176 cm³/mol. The molecule has 1 saturated heterocycles. The van der Waals surface area contributed by atoms with Crippen molar-refractivity contribution in [1.29, 1.82) is 0 Å². The molecule has 3 aliphatic rings. The summed E-state index contributed by atoms with van der Waals surface area (Å²) >= 11 is 0. The molecule has 1 aliphatic heterocycles. The highest BCUT2D eigenvalue weighted by Gasteiger charge is 2.60. The summed E-state index contributed by atoms with van der Waals surface area (Å²) in [7, 11) is 1.11. The van der Waals surface area contributed by atoms with Gasteiger partial charge in [-0.1, -0.05) is 61.0 Å². The summed E-state index contributed by atoms with van der Waals surface area (Å²) in [5, 5.41) is 23.4. The molecule has 0 bridgehead atoms. The highest BCUT2D eigenvalue weighted by Crippen LogP contribution is 2.42. The standard InChI is InChI=1S/C38H38O14/c1-46-36(44)31-32(52-38(51-31)20-12-5-13-21-38)37(45)50-30-28(48-34(42)23-16-8-3-9-17-23)25(39)27(47-33(41)22-14-6-2-7-15-22)26(40)29(30)49-35(43)24-18-10-4-11-19-24/h2-4,6-11,14-19,25-32,39-40H,5,12-13,20-21H2,1H3/t25-,26-,27?,28-,29+,30?,31-,32-/m0/s1. The maximum Gasteiger partial charge on any atom is 0.339 e. The molecule has 0 amide bonds. The van der Waals surface area contributed by atoms with E-state index in [1.54, 1.807) is 54.6 Å². The quantitative estimate of drug-likeness (QED) is 0.243. The van der Waals surface area contributed by atoms with Crippen LogP contribution in [0.5, 0.6) is 0 Å². The lowest BCUT2D eigenvalue weighted by atomic mass is 9.84. The number of aliphatic hydroxyl groups is 2. The van der Waals surface area contributed by atoms with Crippen LogP contribution in [0.3, 0.4) is 0 Å². The van der Waals surface area contributed by atoms with Crippen molar-refractivity contribution in [3.63, 3.8) is 0 Å². The largest absolute Gasteiger partial charge is 0.467 e. The van der Waals surface area contributed by atoms with Gasteiger partial charge in [-0.05, 0) is 49.2 Å². The number of methoxy groups -OCH3 is 1. The Hall–Kier alpha value is -5.15. The van der Waals surface area contributed by atoms with Gasteiger partial charge in [0.25, 0.3) is 0 Å². The van der Waals surface area contributed by atoms with Crippen molar-refractivity contribution in [1.82, 2.24) is 0 Å². The number of carbonyl (C=O) groups excluding carboxylic acids is 5. The molecule has 274 valence electrons. The monoisotopic (exact) mass is 718 g/mol. The first-order valence-corrected chi connectivity index (χ1v) is 16.9. The maximum absolute atomic E-state index is 14.1. The molecule has 14 heteroatoms. The van der Waals surface area contributed by atoms with Crippen LogP contribution < -0.4 is 0 Å². The maximum atomic E-state index is 14.1. The molecule has 1 spiro atoms. The summed E-state index contributed by atoms with van der Waals surface area (Å²) < 4.78 is 39.8. The molecule has 6 rings (SSSR count). The molecule has 14 nitrogen and oxygen atoms in total. The number of ether oxygens (including phenoxy) is 7. The van der Waals surface area contributed by atoms with E-state index in [-0.39, 0.29) is 16.7 Å². The lowest BCUT2D eigenvalue weighted by Crippen LogP contribution is -2.67. The van der Waals surface area contributed by atoms with E-state index in [4.69, 9.17) is 33.2 Å². The van der Waals surface area contributed by atoms with Crippen molar-refractivity contribution >= 4 is 29.8 Å². The normalized spacial score (nSPS) is 27.9. The molecule has 1 heterocycles. The predicted octanol–water partition coefficient (Wildman–Crippen LogP) is 2.93. The molecule has 2 unspecified atom stereocenters. The Morgan fingerprint density at radius 3 is 1.33 bits per heavy atom. The van der Waals surface area contributed by atoms with Gasteiger partial charge in [0, 0.05) is 12.8 Å². The number of esters is 5. The fourth-order valence-electron chi connectivity index (χ4n) is 6.60. The average molecular weight is 719 g/mol. The molecule has 0 radical (unpaired) electrons. The van der Waals surface area contributed by atoms with Gasteiger partial charge < -0.3 is 43.4 Å². The fourth-order valence-corrected chi connectivity index (χ4v) is 6.60. The molecule has 3 fully saturated rings. The second-order valence-electron chi connectivity index (χ2n) is 12.7. The second-order valence-corrected chi connectivity index (χ2v) is 12.7. The van der Waals surface area contributed by atoms with E-state index < -0.39 is 84.5 Å². The van der Waals surface area contributed by atoms with E-state index in [0.29, 0.717) is 25.7 Å². The third-order valence-electron chi connectivity index (χ3n) is 9.24. The zero-order valence-corrected chi connectivity index (χ0v) is 28.1. The molecule has 2 aliphatic carbocycles. The van der Waals surface area contributed by atoms with Crippen molar-refractivity contribution < 1.29 is 67.3 Å². The number of carbonyl (C=O) groups is 5. The van der Waals surface area contributed by atoms with Crippen LogP contribution in [0.2, 0.25) is 0 Å². The molecular formula is C38H38O14. The third kappa shape index (κ3) is 7.84. The van der Waals surface area contributed by atoms with E-state index in [2.05, 4.69) is 0 Å². The number of benzene rings is 3. The van der Waals surface area contributed by atoms with Gasteiger partial charge in [-0.15, -0.1) is 0 Å². The minimum Gasteiger partial charge on any atom is -0.467 e.